The lowest BCUT2D eigenvalue weighted by molar-refractivity contribution is 0.476. The van der Waals surface area contributed by atoms with E-state index < -0.39 is 10.0 Å². The highest BCUT2D eigenvalue weighted by molar-refractivity contribution is 14.0. The molecule has 0 heterocycles. The van der Waals surface area contributed by atoms with E-state index in [1.54, 1.807) is 0 Å². The number of hydrogen-bond acceptors (Lipinski definition) is 3. The lowest BCUT2D eigenvalue weighted by Gasteiger charge is -2.22. The van der Waals surface area contributed by atoms with Gasteiger partial charge in [-0.3, -0.25) is 0 Å². The first-order valence-electron chi connectivity index (χ1n) is 9.93. The zero-order valence-corrected chi connectivity index (χ0v) is 21.3. The molecular formula is C22H33IN4O2S. The minimum atomic E-state index is -3.29. The van der Waals surface area contributed by atoms with Crippen molar-refractivity contribution < 1.29 is 8.42 Å². The van der Waals surface area contributed by atoms with E-state index in [9.17, 15) is 8.42 Å². The van der Waals surface area contributed by atoms with Gasteiger partial charge in [0.15, 0.2) is 5.96 Å². The minimum Gasteiger partial charge on any atom is -0.357 e. The molecule has 0 fully saturated rings. The fourth-order valence-corrected chi connectivity index (χ4v) is 3.74. The van der Waals surface area contributed by atoms with E-state index in [2.05, 4.69) is 46.1 Å². The van der Waals surface area contributed by atoms with Crippen LogP contribution >= 0.6 is 24.0 Å². The minimum absolute atomic E-state index is 0. The Labute approximate surface area is 198 Å². The molecule has 0 bridgehead atoms. The van der Waals surface area contributed by atoms with Crippen molar-refractivity contribution in [3.8, 4) is 0 Å². The van der Waals surface area contributed by atoms with E-state index in [1.165, 1.54) is 18.2 Å². The van der Waals surface area contributed by atoms with Crippen LogP contribution in [0.5, 0.6) is 0 Å². The van der Waals surface area contributed by atoms with Gasteiger partial charge in [-0.2, -0.15) is 0 Å². The summed E-state index contributed by atoms with van der Waals surface area (Å²) in [6, 6.07) is 16.2. The topological polar surface area (TPSA) is 73.8 Å². The van der Waals surface area contributed by atoms with Crippen molar-refractivity contribution in [2.24, 2.45) is 4.99 Å². The van der Waals surface area contributed by atoms with Gasteiger partial charge in [-0.25, -0.2) is 18.1 Å². The summed E-state index contributed by atoms with van der Waals surface area (Å²) in [6.07, 6.45) is 1.04. The van der Waals surface area contributed by atoms with E-state index >= 15 is 0 Å². The lowest BCUT2D eigenvalue weighted by atomic mass is 10.1. The number of nitrogens with one attached hydrogen (secondary N) is 2. The number of sulfonamides is 1. The number of aryl methyl sites for hydroxylation is 1. The van der Waals surface area contributed by atoms with Crippen LogP contribution in [0.4, 0.5) is 0 Å². The molecule has 0 amide bonds. The van der Waals surface area contributed by atoms with Crippen LogP contribution < -0.4 is 10.0 Å². The van der Waals surface area contributed by atoms with Crippen LogP contribution in [-0.4, -0.2) is 39.9 Å². The second-order valence-electron chi connectivity index (χ2n) is 6.98. The Morgan fingerprint density at radius 3 is 2.23 bits per heavy atom. The summed E-state index contributed by atoms with van der Waals surface area (Å²) in [6.45, 7) is 6.21. The molecule has 0 aliphatic rings. The SMILES string of the molecule is CCNC(=NCc1cccc(CS(=O)(=O)NC)c1)N(C)Cc1ccc(CC)cc1.I. The molecule has 0 spiro atoms. The van der Waals surface area contributed by atoms with Gasteiger partial charge < -0.3 is 10.2 Å². The standard InChI is InChI=1S/C22H32N4O2S.HI/c1-5-18-10-12-19(13-11-18)16-26(4)22(24-6-2)25-15-20-8-7-9-21(14-20)17-29(27,28)23-3;/h7-14,23H,5-6,15-17H2,1-4H3,(H,24,25);1H. The van der Waals surface area contributed by atoms with Gasteiger partial charge >= 0.3 is 0 Å². The molecule has 8 heteroatoms. The summed E-state index contributed by atoms with van der Waals surface area (Å²) in [5.41, 5.74) is 4.29. The van der Waals surface area contributed by atoms with Crippen molar-refractivity contribution in [2.45, 2.75) is 39.1 Å². The number of rotatable bonds is 9. The van der Waals surface area contributed by atoms with Gasteiger partial charge in [0.1, 0.15) is 0 Å². The summed E-state index contributed by atoms with van der Waals surface area (Å²) in [5.74, 6) is 0.787. The van der Waals surface area contributed by atoms with Crippen LogP contribution in [0.15, 0.2) is 53.5 Å². The molecule has 0 unspecified atom stereocenters. The molecule has 2 aromatic carbocycles. The van der Waals surface area contributed by atoms with Crippen molar-refractivity contribution in [3.05, 3.63) is 70.8 Å². The van der Waals surface area contributed by atoms with Crippen LogP contribution in [-0.2, 0) is 35.3 Å². The molecule has 6 nitrogen and oxygen atoms in total. The summed E-state index contributed by atoms with van der Waals surface area (Å²) >= 11 is 0. The van der Waals surface area contributed by atoms with Crippen molar-refractivity contribution >= 4 is 40.0 Å². The molecular weight excluding hydrogens is 511 g/mol. The largest absolute Gasteiger partial charge is 0.357 e. The summed E-state index contributed by atoms with van der Waals surface area (Å²) in [5, 5.41) is 3.33. The Morgan fingerprint density at radius 2 is 1.63 bits per heavy atom. The zero-order valence-electron chi connectivity index (χ0n) is 18.2. The molecule has 0 aliphatic carbocycles. The Hall–Kier alpha value is -1.65. The van der Waals surface area contributed by atoms with Crippen molar-refractivity contribution in [1.82, 2.24) is 14.9 Å². The maximum absolute atomic E-state index is 11.8. The van der Waals surface area contributed by atoms with Crippen molar-refractivity contribution in [2.75, 3.05) is 20.6 Å². The number of aliphatic imine (C=N–C) groups is 1. The molecule has 0 aliphatic heterocycles. The third-order valence-electron chi connectivity index (χ3n) is 4.62. The van der Waals surface area contributed by atoms with E-state index in [0.29, 0.717) is 6.54 Å². The van der Waals surface area contributed by atoms with Gasteiger partial charge in [-0.05, 0) is 42.6 Å². The highest BCUT2D eigenvalue weighted by Gasteiger charge is 2.10. The lowest BCUT2D eigenvalue weighted by Crippen LogP contribution is -2.38. The Balaban J connectivity index is 0.00000450. The fourth-order valence-electron chi connectivity index (χ4n) is 2.97. The fraction of sp³-hybridized carbons (Fsp3) is 0.409. The second kappa shape index (κ2) is 12.9. The van der Waals surface area contributed by atoms with Gasteiger partial charge in [0, 0.05) is 20.1 Å². The summed E-state index contributed by atoms with van der Waals surface area (Å²) < 4.78 is 25.9. The normalized spacial score (nSPS) is 11.7. The molecule has 2 N–H and O–H groups in total. The van der Waals surface area contributed by atoms with E-state index in [0.717, 1.165) is 36.6 Å². The molecule has 0 atom stereocenters. The Kier molecular flexibility index (Phi) is 11.4. The third kappa shape index (κ3) is 8.61. The van der Waals surface area contributed by atoms with Crippen LogP contribution in [0.25, 0.3) is 0 Å². The second-order valence-corrected chi connectivity index (χ2v) is 8.91. The maximum atomic E-state index is 11.8. The van der Waals surface area contributed by atoms with Crippen LogP contribution in [0, 0.1) is 0 Å². The van der Waals surface area contributed by atoms with Gasteiger partial charge in [0.05, 0.1) is 12.3 Å². The third-order valence-corrected chi connectivity index (χ3v) is 5.95. The van der Waals surface area contributed by atoms with Crippen LogP contribution in [0.1, 0.15) is 36.1 Å². The first-order valence-corrected chi connectivity index (χ1v) is 11.6. The monoisotopic (exact) mass is 544 g/mol. The molecule has 0 radical (unpaired) electrons. The molecule has 0 saturated heterocycles. The molecule has 2 aromatic rings. The molecule has 0 saturated carbocycles. The Bertz CT molecular complexity index is 915. The first-order chi connectivity index (χ1) is 13.9. The average Bonchev–Trinajstić information content (AvgIpc) is 2.71. The van der Waals surface area contributed by atoms with Gasteiger partial charge in [0.25, 0.3) is 0 Å². The number of halogens is 1. The highest BCUT2D eigenvalue weighted by Crippen LogP contribution is 2.11. The van der Waals surface area contributed by atoms with Crippen molar-refractivity contribution in [1.29, 1.82) is 0 Å². The molecule has 0 aromatic heterocycles. The predicted molar refractivity (Wildman–Crippen MR) is 136 cm³/mol. The maximum Gasteiger partial charge on any atom is 0.215 e. The van der Waals surface area contributed by atoms with Crippen LogP contribution in [0.3, 0.4) is 0 Å². The highest BCUT2D eigenvalue weighted by atomic mass is 127. The van der Waals surface area contributed by atoms with E-state index in [4.69, 9.17) is 4.99 Å². The quantitative estimate of drug-likeness (QED) is 0.288. The number of benzene rings is 2. The molecule has 166 valence electrons. The first kappa shape index (κ1) is 26.4. The number of hydrogen-bond donors (Lipinski definition) is 2. The molecule has 30 heavy (non-hydrogen) atoms. The summed E-state index contributed by atoms with van der Waals surface area (Å²) in [4.78, 5) is 6.83. The van der Waals surface area contributed by atoms with Gasteiger partial charge in [0.2, 0.25) is 10.0 Å². The summed E-state index contributed by atoms with van der Waals surface area (Å²) in [7, 11) is 0.159. The number of nitrogens with zero attached hydrogens (tertiary/aromatic N) is 2. The van der Waals surface area contributed by atoms with Gasteiger partial charge in [-0.1, -0.05) is 55.5 Å². The van der Waals surface area contributed by atoms with E-state index in [1.807, 2.05) is 38.2 Å². The zero-order chi connectivity index (χ0) is 21.3. The molecule has 2 rings (SSSR count). The van der Waals surface area contributed by atoms with Gasteiger partial charge in [-0.15, -0.1) is 24.0 Å². The van der Waals surface area contributed by atoms with Crippen molar-refractivity contribution in [3.63, 3.8) is 0 Å². The predicted octanol–water partition coefficient (Wildman–Crippen LogP) is 3.51. The van der Waals surface area contributed by atoms with E-state index in [-0.39, 0.29) is 29.7 Å². The smallest absolute Gasteiger partial charge is 0.215 e. The average molecular weight is 545 g/mol. The van der Waals surface area contributed by atoms with Crippen LogP contribution in [0.2, 0.25) is 0 Å². The number of guanidine groups is 1. The Morgan fingerprint density at radius 1 is 1.00 bits per heavy atom.